The molecule has 0 saturated carbocycles. The van der Waals surface area contributed by atoms with Crippen LogP contribution >= 0.6 is 0 Å². The van der Waals surface area contributed by atoms with Gasteiger partial charge in [0.1, 0.15) is 28.4 Å². The number of hydrogen-bond acceptors (Lipinski definition) is 7. The molecule has 1 fully saturated rings. The molecule has 3 heterocycles. The fraction of sp³-hybridized carbons (Fsp3) is 0.696. The Balaban J connectivity index is 1.72. The van der Waals surface area contributed by atoms with Crippen LogP contribution in [0.15, 0.2) is 6.07 Å². The van der Waals surface area contributed by atoms with Gasteiger partial charge in [-0.1, -0.05) is 6.92 Å². The summed E-state index contributed by atoms with van der Waals surface area (Å²) in [4.78, 5) is 13.6. The van der Waals surface area contributed by atoms with Crippen molar-refractivity contribution >= 4 is 5.78 Å². The summed E-state index contributed by atoms with van der Waals surface area (Å²) < 4.78 is 17.6. The van der Waals surface area contributed by atoms with E-state index in [0.717, 1.165) is 6.42 Å². The Morgan fingerprint density at radius 1 is 1.27 bits per heavy atom. The zero-order valence-corrected chi connectivity index (χ0v) is 18.3. The molecule has 0 bridgehead atoms. The van der Waals surface area contributed by atoms with Gasteiger partial charge in [-0.05, 0) is 59.3 Å². The van der Waals surface area contributed by atoms with E-state index in [1.165, 1.54) is 0 Å². The lowest BCUT2D eigenvalue weighted by molar-refractivity contribution is -0.275. The number of aliphatic hydroxyl groups excluding tert-OH is 1. The van der Waals surface area contributed by atoms with Gasteiger partial charge < -0.3 is 29.5 Å². The van der Waals surface area contributed by atoms with Gasteiger partial charge in [-0.3, -0.25) is 4.79 Å². The van der Waals surface area contributed by atoms with E-state index in [9.17, 15) is 20.1 Å². The summed E-state index contributed by atoms with van der Waals surface area (Å²) in [6, 6.07) is 1.65. The largest absolute Gasteiger partial charge is 0.507 e. The number of phenols is 1. The fourth-order valence-electron chi connectivity index (χ4n) is 4.86. The number of aliphatic hydroxyl groups is 2. The van der Waals surface area contributed by atoms with E-state index < -0.39 is 24.1 Å². The Hall–Kier alpha value is -1.83. The van der Waals surface area contributed by atoms with Crippen molar-refractivity contribution in [3.63, 3.8) is 0 Å². The Morgan fingerprint density at radius 3 is 2.63 bits per heavy atom. The van der Waals surface area contributed by atoms with Crippen molar-refractivity contribution in [1.29, 1.82) is 0 Å². The molecule has 4 rings (SSSR count). The van der Waals surface area contributed by atoms with Crippen molar-refractivity contribution in [1.82, 2.24) is 0 Å². The van der Waals surface area contributed by atoms with Crippen molar-refractivity contribution < 1.29 is 34.3 Å². The van der Waals surface area contributed by atoms with E-state index in [0.29, 0.717) is 30.6 Å². The molecule has 1 aromatic rings. The van der Waals surface area contributed by atoms with Gasteiger partial charge in [-0.15, -0.1) is 0 Å². The molecule has 7 nitrogen and oxygen atoms in total. The first-order valence-corrected chi connectivity index (χ1v) is 10.7. The summed E-state index contributed by atoms with van der Waals surface area (Å²) in [5.74, 6) is -0.825. The monoisotopic (exact) mass is 420 g/mol. The maximum Gasteiger partial charge on any atom is 0.212 e. The summed E-state index contributed by atoms with van der Waals surface area (Å²) in [5, 5.41) is 31.6. The molecule has 5 atom stereocenters. The Bertz CT molecular complexity index is 854. The topological polar surface area (TPSA) is 105 Å². The van der Waals surface area contributed by atoms with Gasteiger partial charge in [0.15, 0.2) is 12.1 Å². The number of fused-ring (bicyclic) bond motifs is 3. The van der Waals surface area contributed by atoms with E-state index in [1.54, 1.807) is 19.9 Å². The predicted octanol–water partition coefficient (Wildman–Crippen LogP) is 3.17. The summed E-state index contributed by atoms with van der Waals surface area (Å²) in [6.07, 6.45) is 0.312. The molecule has 5 unspecified atom stereocenters. The number of ether oxygens (including phenoxy) is 3. The summed E-state index contributed by atoms with van der Waals surface area (Å²) in [5.41, 5.74) is -0.468. The van der Waals surface area contributed by atoms with E-state index in [-0.39, 0.29) is 40.3 Å². The number of benzene rings is 1. The van der Waals surface area contributed by atoms with E-state index in [4.69, 9.17) is 14.2 Å². The number of carbonyl (C=O) groups is 1. The minimum Gasteiger partial charge on any atom is -0.507 e. The first-order valence-electron chi connectivity index (χ1n) is 10.7. The minimum absolute atomic E-state index is 0.0820. The van der Waals surface area contributed by atoms with Crippen LogP contribution in [0.5, 0.6) is 17.2 Å². The van der Waals surface area contributed by atoms with E-state index in [1.807, 2.05) is 20.8 Å². The second-order valence-corrected chi connectivity index (χ2v) is 10.2. The second kappa shape index (κ2) is 7.11. The molecule has 3 N–H and O–H groups in total. The Morgan fingerprint density at radius 2 is 1.97 bits per heavy atom. The molecule has 30 heavy (non-hydrogen) atoms. The number of hydrogen-bond donors (Lipinski definition) is 3. The number of rotatable bonds is 3. The molecule has 0 aliphatic carbocycles. The molecule has 3 aliphatic rings. The standard InChI is InChI=1S/C23H32O7/c1-11-12(6-8-22(2,3)27)16-19(25)17-15(28-21(16)29-20(11)26)10-14-13(18(17)24)7-9-23(4,5)30-14/h10-12,16,20-21,24,26-27H,6-9H2,1-5H3. The lowest BCUT2D eigenvalue weighted by atomic mass is 9.71. The number of Topliss-reactive ketones (excluding diaryl/α,β-unsaturated/α-hetero) is 1. The first kappa shape index (κ1) is 21.4. The average molecular weight is 421 g/mol. The van der Waals surface area contributed by atoms with Crippen molar-refractivity contribution in [2.75, 3.05) is 0 Å². The average Bonchev–Trinajstić information content (AvgIpc) is 2.60. The lowest BCUT2D eigenvalue weighted by Gasteiger charge is -2.46. The first-order chi connectivity index (χ1) is 13.9. The van der Waals surface area contributed by atoms with Crippen LogP contribution in [-0.4, -0.2) is 44.9 Å². The Kier molecular flexibility index (Phi) is 5.07. The number of ketones is 1. The van der Waals surface area contributed by atoms with Crippen LogP contribution in [-0.2, 0) is 11.2 Å². The zero-order chi connectivity index (χ0) is 22.0. The fourth-order valence-corrected chi connectivity index (χ4v) is 4.86. The third-order valence-corrected chi connectivity index (χ3v) is 6.73. The van der Waals surface area contributed by atoms with Crippen LogP contribution in [0.4, 0.5) is 0 Å². The minimum atomic E-state index is -1.08. The molecule has 0 amide bonds. The maximum atomic E-state index is 13.6. The van der Waals surface area contributed by atoms with Gasteiger partial charge in [0.25, 0.3) is 0 Å². The summed E-state index contributed by atoms with van der Waals surface area (Å²) in [6.45, 7) is 9.23. The van der Waals surface area contributed by atoms with Gasteiger partial charge in [-0.25, -0.2) is 0 Å². The molecular formula is C23H32O7. The van der Waals surface area contributed by atoms with E-state index >= 15 is 0 Å². The van der Waals surface area contributed by atoms with Crippen LogP contribution in [0.3, 0.4) is 0 Å². The second-order valence-electron chi connectivity index (χ2n) is 10.2. The van der Waals surface area contributed by atoms with Crippen molar-refractivity contribution in [2.24, 2.45) is 17.8 Å². The highest BCUT2D eigenvalue weighted by molar-refractivity contribution is 6.05. The third kappa shape index (κ3) is 3.67. The summed E-state index contributed by atoms with van der Waals surface area (Å²) in [7, 11) is 0. The molecule has 7 heteroatoms. The molecule has 0 spiro atoms. The Labute approximate surface area is 177 Å². The molecular weight excluding hydrogens is 388 g/mol. The molecule has 166 valence electrons. The summed E-state index contributed by atoms with van der Waals surface area (Å²) >= 11 is 0. The highest BCUT2D eigenvalue weighted by Gasteiger charge is 2.52. The van der Waals surface area contributed by atoms with Crippen LogP contribution in [0, 0.1) is 17.8 Å². The number of carbonyl (C=O) groups excluding carboxylic acids is 1. The number of aromatic hydroxyl groups is 1. The van der Waals surface area contributed by atoms with Gasteiger partial charge >= 0.3 is 0 Å². The smallest absolute Gasteiger partial charge is 0.212 e. The molecule has 0 aromatic heterocycles. The third-order valence-electron chi connectivity index (χ3n) is 6.73. The number of phenolic OH excluding ortho intramolecular Hbond substituents is 1. The lowest BCUT2D eigenvalue weighted by Crippen LogP contribution is -2.54. The molecule has 1 aromatic carbocycles. The van der Waals surface area contributed by atoms with Crippen LogP contribution in [0.25, 0.3) is 0 Å². The van der Waals surface area contributed by atoms with Crippen molar-refractivity contribution in [3.05, 3.63) is 17.2 Å². The van der Waals surface area contributed by atoms with Crippen LogP contribution in [0.1, 0.15) is 69.8 Å². The normalized spacial score (nSPS) is 32.4. The van der Waals surface area contributed by atoms with Gasteiger partial charge in [-0.2, -0.15) is 0 Å². The molecule has 0 radical (unpaired) electrons. The van der Waals surface area contributed by atoms with Crippen LogP contribution in [0.2, 0.25) is 0 Å². The SMILES string of the molecule is CC1C(O)OC2Oc3cc4c(c(O)c3C(=O)C2C1CCC(C)(C)O)CCC(C)(C)O4. The van der Waals surface area contributed by atoms with Crippen molar-refractivity contribution in [3.8, 4) is 17.2 Å². The van der Waals surface area contributed by atoms with Gasteiger partial charge in [0.2, 0.25) is 6.29 Å². The highest BCUT2D eigenvalue weighted by atomic mass is 16.7. The zero-order valence-electron chi connectivity index (χ0n) is 18.3. The van der Waals surface area contributed by atoms with E-state index in [2.05, 4.69) is 0 Å². The predicted molar refractivity (Wildman–Crippen MR) is 109 cm³/mol. The van der Waals surface area contributed by atoms with Crippen LogP contribution < -0.4 is 9.47 Å². The van der Waals surface area contributed by atoms with Crippen molar-refractivity contribution in [2.45, 2.75) is 84.1 Å². The quantitative estimate of drug-likeness (QED) is 0.690. The maximum absolute atomic E-state index is 13.6. The molecule has 1 saturated heterocycles. The van der Waals surface area contributed by atoms with Gasteiger partial charge in [0, 0.05) is 17.5 Å². The molecule has 3 aliphatic heterocycles. The highest BCUT2D eigenvalue weighted by Crippen LogP contribution is 2.51. The van der Waals surface area contributed by atoms with Gasteiger partial charge in [0.05, 0.1) is 11.5 Å².